The van der Waals surface area contributed by atoms with E-state index >= 15 is 0 Å². The number of benzene rings is 1. The molecular weight excluding hydrogens is 288 g/mol. The molecule has 0 aliphatic carbocycles. The fourth-order valence-corrected chi connectivity index (χ4v) is 3.25. The number of hydrogen-bond acceptors (Lipinski definition) is 4. The van der Waals surface area contributed by atoms with E-state index in [2.05, 4.69) is 55.7 Å². The second-order valence-electron chi connectivity index (χ2n) is 7.11. The summed E-state index contributed by atoms with van der Waals surface area (Å²) < 4.78 is 5.53. The molecule has 130 valence electrons. The van der Waals surface area contributed by atoms with Crippen molar-refractivity contribution in [3.8, 4) is 0 Å². The van der Waals surface area contributed by atoms with Crippen molar-refractivity contribution in [2.24, 2.45) is 5.92 Å². The summed E-state index contributed by atoms with van der Waals surface area (Å²) in [5.41, 5.74) is 4.08. The molecule has 1 saturated heterocycles. The van der Waals surface area contributed by atoms with E-state index in [-0.39, 0.29) is 6.10 Å². The van der Waals surface area contributed by atoms with Crippen LogP contribution in [0, 0.1) is 19.8 Å². The number of aliphatic hydroxyl groups excluding tert-OH is 1. The van der Waals surface area contributed by atoms with E-state index in [1.54, 1.807) is 0 Å². The Balaban J connectivity index is 1.78. The number of ether oxygens (including phenoxy) is 1. The smallest absolute Gasteiger partial charge is 0.0900 e. The standard InChI is InChI=1S/C19H32N2O2/c1-15(2)13-23-14-18(22)12-20-8-10-21(11-9-20)19-16(3)6-5-7-17(19)4/h5-7,15,18,22H,8-14H2,1-4H3. The molecule has 1 aliphatic rings. The zero-order chi connectivity index (χ0) is 16.8. The Morgan fingerprint density at radius 1 is 1.04 bits per heavy atom. The number of β-amino-alcohol motifs (C(OH)–C–C–N with tert-alkyl or cyclic N) is 1. The minimum absolute atomic E-state index is 0.388. The lowest BCUT2D eigenvalue weighted by Gasteiger charge is -2.38. The molecule has 2 rings (SSSR count). The normalized spacial score (nSPS) is 17.7. The lowest BCUT2D eigenvalue weighted by molar-refractivity contribution is 0.00746. The average molecular weight is 320 g/mol. The van der Waals surface area contributed by atoms with Gasteiger partial charge in [0.05, 0.1) is 12.7 Å². The molecule has 4 nitrogen and oxygen atoms in total. The molecule has 1 aliphatic heterocycles. The summed E-state index contributed by atoms with van der Waals surface area (Å²) in [5, 5.41) is 10.1. The van der Waals surface area contributed by atoms with Crippen LogP contribution in [0.3, 0.4) is 0 Å². The van der Waals surface area contributed by atoms with Gasteiger partial charge in [0.25, 0.3) is 0 Å². The summed E-state index contributed by atoms with van der Waals surface area (Å²) >= 11 is 0. The number of nitrogens with zero attached hydrogens (tertiary/aromatic N) is 2. The number of aliphatic hydroxyl groups is 1. The van der Waals surface area contributed by atoms with Gasteiger partial charge in [-0.05, 0) is 30.9 Å². The van der Waals surface area contributed by atoms with Crippen LogP contribution in [0.2, 0.25) is 0 Å². The van der Waals surface area contributed by atoms with Gasteiger partial charge in [0.1, 0.15) is 0 Å². The molecule has 0 radical (unpaired) electrons. The SMILES string of the molecule is Cc1cccc(C)c1N1CCN(CC(O)COCC(C)C)CC1. The predicted octanol–water partition coefficient (Wildman–Crippen LogP) is 2.46. The first kappa shape index (κ1) is 18.2. The van der Waals surface area contributed by atoms with E-state index in [4.69, 9.17) is 4.74 Å². The van der Waals surface area contributed by atoms with Crippen LogP contribution in [0.5, 0.6) is 0 Å². The van der Waals surface area contributed by atoms with Gasteiger partial charge in [0, 0.05) is 45.0 Å². The average Bonchev–Trinajstić information content (AvgIpc) is 2.48. The number of hydrogen-bond donors (Lipinski definition) is 1. The Morgan fingerprint density at radius 2 is 1.65 bits per heavy atom. The molecule has 4 heteroatoms. The van der Waals surface area contributed by atoms with Crippen molar-refractivity contribution in [3.63, 3.8) is 0 Å². The molecular formula is C19H32N2O2. The second-order valence-corrected chi connectivity index (χ2v) is 7.11. The first-order valence-corrected chi connectivity index (χ1v) is 8.76. The molecule has 1 aromatic rings. The van der Waals surface area contributed by atoms with Crippen LogP contribution < -0.4 is 4.90 Å². The van der Waals surface area contributed by atoms with Gasteiger partial charge in [-0.3, -0.25) is 4.90 Å². The third kappa shape index (κ3) is 5.48. The Labute approximate surface area is 141 Å². The minimum atomic E-state index is -0.388. The van der Waals surface area contributed by atoms with Crippen molar-refractivity contribution in [1.29, 1.82) is 0 Å². The topological polar surface area (TPSA) is 35.9 Å². The molecule has 0 saturated carbocycles. The molecule has 1 N–H and O–H groups in total. The molecule has 0 aromatic heterocycles. The quantitative estimate of drug-likeness (QED) is 0.837. The summed E-state index contributed by atoms with van der Waals surface area (Å²) in [4.78, 5) is 4.82. The highest BCUT2D eigenvalue weighted by Crippen LogP contribution is 2.25. The van der Waals surface area contributed by atoms with E-state index in [1.165, 1.54) is 16.8 Å². The van der Waals surface area contributed by atoms with Crippen molar-refractivity contribution in [3.05, 3.63) is 29.3 Å². The lowest BCUT2D eigenvalue weighted by atomic mass is 10.1. The molecule has 1 atom stereocenters. The molecule has 0 bridgehead atoms. The van der Waals surface area contributed by atoms with Crippen molar-refractivity contribution >= 4 is 5.69 Å². The van der Waals surface area contributed by atoms with Gasteiger partial charge in [0.15, 0.2) is 0 Å². The molecule has 0 spiro atoms. The number of rotatable bonds is 7. The highest BCUT2D eigenvalue weighted by molar-refractivity contribution is 5.59. The van der Waals surface area contributed by atoms with Crippen LogP contribution >= 0.6 is 0 Å². The van der Waals surface area contributed by atoms with Crippen LogP contribution in [0.1, 0.15) is 25.0 Å². The Bertz CT molecular complexity index is 462. The Kier molecular flexibility index (Phi) is 6.88. The first-order chi connectivity index (χ1) is 11.0. The third-order valence-electron chi connectivity index (χ3n) is 4.36. The Morgan fingerprint density at radius 3 is 2.22 bits per heavy atom. The van der Waals surface area contributed by atoms with Crippen LogP contribution in [-0.4, -0.2) is 62.0 Å². The zero-order valence-corrected chi connectivity index (χ0v) is 15.1. The molecule has 1 fully saturated rings. The third-order valence-corrected chi connectivity index (χ3v) is 4.36. The molecule has 1 unspecified atom stereocenters. The van der Waals surface area contributed by atoms with Gasteiger partial charge in [-0.1, -0.05) is 32.0 Å². The van der Waals surface area contributed by atoms with Crippen LogP contribution in [0.4, 0.5) is 5.69 Å². The maximum atomic E-state index is 10.1. The molecule has 1 heterocycles. The zero-order valence-electron chi connectivity index (χ0n) is 15.1. The Hall–Kier alpha value is -1.10. The number of anilines is 1. The highest BCUT2D eigenvalue weighted by atomic mass is 16.5. The maximum Gasteiger partial charge on any atom is 0.0900 e. The summed E-state index contributed by atoms with van der Waals surface area (Å²) in [7, 11) is 0. The van der Waals surface area contributed by atoms with E-state index in [1.807, 2.05) is 0 Å². The molecule has 0 amide bonds. The van der Waals surface area contributed by atoms with Gasteiger partial charge in [0.2, 0.25) is 0 Å². The molecule has 1 aromatic carbocycles. The fraction of sp³-hybridized carbons (Fsp3) is 0.684. The predicted molar refractivity (Wildman–Crippen MR) is 96.2 cm³/mol. The van der Waals surface area contributed by atoms with Gasteiger partial charge < -0.3 is 14.7 Å². The van der Waals surface area contributed by atoms with Crippen LogP contribution in [0.15, 0.2) is 18.2 Å². The van der Waals surface area contributed by atoms with Crippen molar-refractivity contribution in [2.75, 3.05) is 50.8 Å². The fourth-order valence-electron chi connectivity index (χ4n) is 3.25. The van der Waals surface area contributed by atoms with Gasteiger partial charge in [-0.15, -0.1) is 0 Å². The second kappa shape index (κ2) is 8.67. The number of piperazine rings is 1. The van der Waals surface area contributed by atoms with E-state index in [0.29, 0.717) is 19.1 Å². The summed E-state index contributed by atoms with van der Waals surface area (Å²) in [6.07, 6.45) is -0.388. The summed E-state index contributed by atoms with van der Waals surface area (Å²) in [6.45, 7) is 14.5. The lowest BCUT2D eigenvalue weighted by Crippen LogP contribution is -2.49. The van der Waals surface area contributed by atoms with Crippen molar-refractivity contribution in [1.82, 2.24) is 4.90 Å². The largest absolute Gasteiger partial charge is 0.389 e. The number of aryl methyl sites for hydroxylation is 2. The van der Waals surface area contributed by atoms with Gasteiger partial charge >= 0.3 is 0 Å². The van der Waals surface area contributed by atoms with E-state index in [0.717, 1.165) is 32.8 Å². The van der Waals surface area contributed by atoms with E-state index in [9.17, 15) is 5.11 Å². The number of para-hydroxylation sites is 1. The monoisotopic (exact) mass is 320 g/mol. The van der Waals surface area contributed by atoms with E-state index < -0.39 is 0 Å². The van der Waals surface area contributed by atoms with Gasteiger partial charge in [-0.2, -0.15) is 0 Å². The van der Waals surface area contributed by atoms with Crippen LogP contribution in [-0.2, 0) is 4.74 Å². The maximum absolute atomic E-state index is 10.1. The van der Waals surface area contributed by atoms with Gasteiger partial charge in [-0.25, -0.2) is 0 Å². The molecule has 23 heavy (non-hydrogen) atoms. The first-order valence-electron chi connectivity index (χ1n) is 8.76. The summed E-state index contributed by atoms with van der Waals surface area (Å²) in [6, 6.07) is 6.49. The van der Waals surface area contributed by atoms with Crippen molar-refractivity contribution in [2.45, 2.75) is 33.8 Å². The van der Waals surface area contributed by atoms with Crippen molar-refractivity contribution < 1.29 is 9.84 Å². The minimum Gasteiger partial charge on any atom is -0.389 e. The van der Waals surface area contributed by atoms with Crippen LogP contribution in [0.25, 0.3) is 0 Å². The summed E-state index contributed by atoms with van der Waals surface area (Å²) in [5.74, 6) is 0.517. The highest BCUT2D eigenvalue weighted by Gasteiger charge is 2.21.